The quantitative estimate of drug-likeness (QED) is 0.830. The summed E-state index contributed by atoms with van der Waals surface area (Å²) in [6.45, 7) is 4.88. The maximum absolute atomic E-state index is 12.3. The highest BCUT2D eigenvalue weighted by Gasteiger charge is 2.20. The molecule has 134 valence electrons. The van der Waals surface area contributed by atoms with Crippen molar-refractivity contribution in [3.8, 4) is 16.3 Å². The lowest BCUT2D eigenvalue weighted by Gasteiger charge is -2.26. The summed E-state index contributed by atoms with van der Waals surface area (Å²) in [5.74, 6) is 1.71. The molecule has 0 radical (unpaired) electrons. The highest BCUT2D eigenvalue weighted by molar-refractivity contribution is 7.13. The average Bonchev–Trinajstić information content (AvgIpc) is 3.06. The molecule has 3 rings (SSSR count). The van der Waals surface area contributed by atoms with Crippen molar-refractivity contribution in [2.45, 2.75) is 52.0 Å². The molecule has 0 saturated heterocycles. The van der Waals surface area contributed by atoms with Crippen molar-refractivity contribution in [1.29, 1.82) is 0 Å². The van der Waals surface area contributed by atoms with Crippen LogP contribution in [-0.4, -0.2) is 23.5 Å². The molecule has 5 heteroatoms. The van der Waals surface area contributed by atoms with Gasteiger partial charge in [-0.3, -0.25) is 4.79 Å². The van der Waals surface area contributed by atoms with Crippen molar-refractivity contribution in [1.82, 2.24) is 10.3 Å². The number of benzene rings is 1. The Kier molecular flexibility index (Phi) is 6.08. The normalized spacial score (nSPS) is 20.2. The summed E-state index contributed by atoms with van der Waals surface area (Å²) >= 11 is 1.56. The number of rotatable bonds is 6. The summed E-state index contributed by atoms with van der Waals surface area (Å²) in [5, 5.41) is 6.04. The zero-order valence-corrected chi connectivity index (χ0v) is 15.8. The van der Waals surface area contributed by atoms with Gasteiger partial charge in [0.1, 0.15) is 10.8 Å². The van der Waals surface area contributed by atoms with E-state index >= 15 is 0 Å². The smallest absolute Gasteiger partial charge is 0.226 e. The Labute approximate surface area is 153 Å². The molecule has 4 nitrogen and oxygen atoms in total. The molecule has 1 amide bonds. The Morgan fingerprint density at radius 1 is 1.28 bits per heavy atom. The summed E-state index contributed by atoms with van der Waals surface area (Å²) < 4.78 is 5.68. The molecule has 1 aromatic carbocycles. The molecule has 1 heterocycles. The van der Waals surface area contributed by atoms with E-state index in [1.165, 1.54) is 12.8 Å². The van der Waals surface area contributed by atoms with E-state index in [-0.39, 0.29) is 5.91 Å². The molecule has 1 aliphatic rings. The topological polar surface area (TPSA) is 51.2 Å². The van der Waals surface area contributed by atoms with Crippen LogP contribution in [-0.2, 0) is 11.2 Å². The molecule has 1 aromatic heterocycles. The third-order valence-corrected chi connectivity index (χ3v) is 5.62. The van der Waals surface area contributed by atoms with Crippen LogP contribution >= 0.6 is 11.3 Å². The van der Waals surface area contributed by atoms with Gasteiger partial charge in [-0.1, -0.05) is 19.1 Å². The Bertz CT molecular complexity index is 705. The zero-order valence-electron chi connectivity index (χ0n) is 15.0. The van der Waals surface area contributed by atoms with E-state index in [1.807, 2.05) is 36.6 Å². The molecule has 1 aliphatic carbocycles. The highest BCUT2D eigenvalue weighted by Crippen LogP contribution is 2.32. The van der Waals surface area contributed by atoms with Crippen molar-refractivity contribution in [3.05, 3.63) is 35.3 Å². The second-order valence-corrected chi connectivity index (χ2v) is 7.63. The number of carbonyl (C=O) groups excluding carboxylic acids is 1. The van der Waals surface area contributed by atoms with Gasteiger partial charge in [0.05, 0.1) is 24.3 Å². The van der Waals surface area contributed by atoms with E-state index in [0.29, 0.717) is 19.1 Å². The van der Waals surface area contributed by atoms with Gasteiger partial charge in [-0.05, 0) is 50.7 Å². The van der Waals surface area contributed by atoms with E-state index in [2.05, 4.69) is 17.2 Å². The van der Waals surface area contributed by atoms with Crippen LogP contribution in [0, 0.1) is 5.92 Å². The summed E-state index contributed by atoms with van der Waals surface area (Å²) in [6, 6.07) is 8.24. The molecule has 2 aromatic rings. The van der Waals surface area contributed by atoms with Crippen LogP contribution in [0.1, 0.15) is 45.2 Å². The molecule has 1 N–H and O–H groups in total. The van der Waals surface area contributed by atoms with E-state index in [0.717, 1.165) is 40.8 Å². The van der Waals surface area contributed by atoms with Crippen molar-refractivity contribution in [2.24, 2.45) is 5.92 Å². The predicted molar refractivity (Wildman–Crippen MR) is 102 cm³/mol. The van der Waals surface area contributed by atoms with Crippen LogP contribution in [0.25, 0.3) is 10.6 Å². The molecule has 25 heavy (non-hydrogen) atoms. The minimum Gasteiger partial charge on any atom is -0.493 e. The fourth-order valence-corrected chi connectivity index (χ4v) is 4.13. The summed E-state index contributed by atoms with van der Waals surface area (Å²) in [6.07, 6.45) is 4.95. The monoisotopic (exact) mass is 358 g/mol. The molecule has 1 saturated carbocycles. The fourth-order valence-electron chi connectivity index (χ4n) is 3.28. The van der Waals surface area contributed by atoms with Crippen LogP contribution in [0.3, 0.4) is 0 Å². The van der Waals surface area contributed by atoms with E-state index in [9.17, 15) is 4.79 Å². The van der Waals surface area contributed by atoms with Gasteiger partial charge in [0.2, 0.25) is 5.91 Å². The van der Waals surface area contributed by atoms with Crippen molar-refractivity contribution < 1.29 is 9.53 Å². The molecule has 0 spiro atoms. The van der Waals surface area contributed by atoms with Crippen LogP contribution in [0.2, 0.25) is 0 Å². The molecular formula is C20H26N2O2S. The molecule has 0 aliphatic heterocycles. The van der Waals surface area contributed by atoms with Crippen LogP contribution < -0.4 is 10.1 Å². The first-order valence-electron chi connectivity index (χ1n) is 9.11. The van der Waals surface area contributed by atoms with Crippen LogP contribution in [0.15, 0.2) is 29.6 Å². The zero-order chi connectivity index (χ0) is 17.6. The maximum atomic E-state index is 12.3. The van der Waals surface area contributed by atoms with E-state index in [1.54, 1.807) is 11.3 Å². The molecular weight excluding hydrogens is 332 g/mol. The van der Waals surface area contributed by atoms with Gasteiger partial charge >= 0.3 is 0 Å². The second-order valence-electron chi connectivity index (χ2n) is 6.77. The number of nitrogens with one attached hydrogen (secondary N) is 1. The Morgan fingerprint density at radius 3 is 2.80 bits per heavy atom. The number of nitrogens with zero attached hydrogens (tertiary/aromatic N) is 1. The van der Waals surface area contributed by atoms with Gasteiger partial charge in [0.25, 0.3) is 0 Å². The SMILES string of the molecule is CCOc1ccccc1-c1nc(CC(=O)NC2CCC(C)CC2)cs1. The number of aromatic nitrogens is 1. The first-order chi connectivity index (χ1) is 12.2. The average molecular weight is 359 g/mol. The van der Waals surface area contributed by atoms with Crippen molar-refractivity contribution >= 4 is 17.2 Å². The first-order valence-corrected chi connectivity index (χ1v) is 9.99. The summed E-state index contributed by atoms with van der Waals surface area (Å²) in [7, 11) is 0. The number of thiazole rings is 1. The minimum absolute atomic E-state index is 0.0782. The van der Waals surface area contributed by atoms with Gasteiger partial charge in [-0.15, -0.1) is 11.3 Å². The number of ether oxygens (including phenoxy) is 1. The standard InChI is InChI=1S/C20H26N2O2S/c1-3-24-18-7-5-4-6-17(18)20-22-16(13-25-20)12-19(23)21-15-10-8-14(2)9-11-15/h4-7,13-15H,3,8-12H2,1-2H3,(H,21,23). The van der Waals surface area contributed by atoms with Gasteiger partial charge < -0.3 is 10.1 Å². The summed E-state index contributed by atoms with van der Waals surface area (Å²) in [5.41, 5.74) is 1.82. The van der Waals surface area contributed by atoms with E-state index < -0.39 is 0 Å². The number of para-hydroxylation sites is 1. The van der Waals surface area contributed by atoms with Crippen LogP contribution in [0.5, 0.6) is 5.75 Å². The van der Waals surface area contributed by atoms with Crippen molar-refractivity contribution in [3.63, 3.8) is 0 Å². The summed E-state index contributed by atoms with van der Waals surface area (Å²) in [4.78, 5) is 17.0. The Hall–Kier alpha value is -1.88. The molecule has 1 fully saturated rings. The number of hydrogen-bond donors (Lipinski definition) is 1. The van der Waals surface area contributed by atoms with Gasteiger partial charge in [0, 0.05) is 11.4 Å². The Morgan fingerprint density at radius 2 is 2.04 bits per heavy atom. The third kappa shape index (κ3) is 4.82. The number of hydrogen-bond acceptors (Lipinski definition) is 4. The van der Waals surface area contributed by atoms with Gasteiger partial charge in [0.15, 0.2) is 0 Å². The van der Waals surface area contributed by atoms with Crippen LogP contribution in [0.4, 0.5) is 0 Å². The first kappa shape index (κ1) is 17.9. The van der Waals surface area contributed by atoms with Crippen molar-refractivity contribution in [2.75, 3.05) is 6.61 Å². The lowest BCUT2D eigenvalue weighted by molar-refractivity contribution is -0.121. The second kappa shape index (κ2) is 8.48. The Balaban J connectivity index is 1.61. The highest BCUT2D eigenvalue weighted by atomic mass is 32.1. The fraction of sp³-hybridized carbons (Fsp3) is 0.500. The van der Waals surface area contributed by atoms with E-state index in [4.69, 9.17) is 4.74 Å². The minimum atomic E-state index is 0.0782. The predicted octanol–water partition coefficient (Wildman–Crippen LogP) is 4.45. The number of amides is 1. The van der Waals surface area contributed by atoms with Gasteiger partial charge in [-0.2, -0.15) is 0 Å². The third-order valence-electron chi connectivity index (χ3n) is 4.69. The maximum Gasteiger partial charge on any atom is 0.226 e. The molecule has 0 atom stereocenters. The number of carbonyl (C=O) groups is 1. The lowest BCUT2D eigenvalue weighted by atomic mass is 9.87. The molecule has 0 unspecified atom stereocenters. The van der Waals surface area contributed by atoms with Gasteiger partial charge in [-0.25, -0.2) is 4.98 Å². The molecule has 0 bridgehead atoms. The largest absolute Gasteiger partial charge is 0.493 e. The lowest BCUT2D eigenvalue weighted by Crippen LogP contribution is -2.38.